The van der Waals surface area contributed by atoms with Crippen LogP contribution >= 0.6 is 23.2 Å². The third-order valence-electron chi connectivity index (χ3n) is 5.62. The molecule has 2 aliphatic rings. The lowest BCUT2D eigenvalue weighted by molar-refractivity contribution is -0.102. The van der Waals surface area contributed by atoms with Crippen molar-refractivity contribution in [2.75, 3.05) is 19.7 Å². The number of rotatable bonds is 4. The lowest BCUT2D eigenvalue weighted by Crippen LogP contribution is -2.63. The van der Waals surface area contributed by atoms with Crippen LogP contribution in [0.4, 0.5) is 4.79 Å². The first-order valence-electron chi connectivity index (χ1n) is 10.0. The molecule has 1 aromatic heterocycles. The molecule has 2 aromatic carbocycles. The molecule has 2 amide bonds. The number of hydrogen-bond acceptors (Lipinski definition) is 6. The van der Waals surface area contributed by atoms with Gasteiger partial charge in [-0.25, -0.2) is 4.79 Å². The van der Waals surface area contributed by atoms with Gasteiger partial charge >= 0.3 is 6.09 Å². The lowest BCUT2D eigenvalue weighted by Gasteiger charge is -2.46. The van der Waals surface area contributed by atoms with Crippen molar-refractivity contribution in [3.63, 3.8) is 0 Å². The minimum atomic E-state index is -0.452. The van der Waals surface area contributed by atoms with Gasteiger partial charge in [-0.15, -0.1) is 0 Å². The van der Waals surface area contributed by atoms with Crippen LogP contribution in [0.1, 0.15) is 22.3 Å². The van der Waals surface area contributed by atoms with E-state index in [1.807, 2.05) is 0 Å². The molecule has 2 N–H and O–H groups in total. The molecular weight excluding hydrogens is 457 g/mol. The monoisotopic (exact) mass is 475 g/mol. The number of aromatic nitrogens is 3. The second-order valence-corrected chi connectivity index (χ2v) is 8.96. The molecule has 2 fully saturated rings. The minimum Gasteiger partial charge on any atom is -0.445 e. The molecule has 3 heterocycles. The molecule has 32 heavy (non-hydrogen) atoms. The largest absolute Gasteiger partial charge is 0.445 e. The quantitative estimate of drug-likeness (QED) is 0.599. The van der Waals surface area contributed by atoms with Crippen LogP contribution in [0.5, 0.6) is 0 Å². The maximum Gasteiger partial charge on any atom is 0.410 e. The predicted molar refractivity (Wildman–Crippen MR) is 117 cm³/mol. The van der Waals surface area contributed by atoms with Gasteiger partial charge in [-0.3, -0.25) is 4.79 Å². The molecule has 0 saturated carbocycles. The summed E-state index contributed by atoms with van der Waals surface area (Å²) in [5.74, 6) is -0.198. The summed E-state index contributed by atoms with van der Waals surface area (Å²) in [7, 11) is 0. The number of fused-ring (bicyclic) bond motifs is 1. The Kier molecular flexibility index (Phi) is 5.40. The fourth-order valence-electron chi connectivity index (χ4n) is 4.12. The SMILES string of the molecule is O=C(N[C@@H]1COC2(C1)CN(C(=O)OCc1cc(Cl)cc(Cl)c1)C2)c1ccc2n[nH]nc2c1. The molecule has 1 spiro atoms. The number of benzene rings is 2. The van der Waals surface area contributed by atoms with Crippen molar-refractivity contribution >= 4 is 46.2 Å². The molecule has 0 aliphatic carbocycles. The average Bonchev–Trinajstić information content (AvgIpc) is 3.36. The third kappa shape index (κ3) is 4.23. The number of carbonyl (C=O) groups is 2. The molecule has 1 atom stereocenters. The van der Waals surface area contributed by atoms with Gasteiger partial charge in [-0.1, -0.05) is 23.2 Å². The summed E-state index contributed by atoms with van der Waals surface area (Å²) >= 11 is 11.9. The van der Waals surface area contributed by atoms with Crippen LogP contribution in [0.3, 0.4) is 0 Å². The van der Waals surface area contributed by atoms with Crippen molar-refractivity contribution in [3.05, 3.63) is 57.6 Å². The number of likely N-dealkylation sites (tertiary alicyclic amines) is 1. The highest BCUT2D eigenvalue weighted by Gasteiger charge is 2.52. The van der Waals surface area contributed by atoms with Crippen molar-refractivity contribution in [2.24, 2.45) is 0 Å². The van der Waals surface area contributed by atoms with Crippen molar-refractivity contribution in [1.29, 1.82) is 0 Å². The van der Waals surface area contributed by atoms with Crippen LogP contribution in [0.15, 0.2) is 36.4 Å². The topological polar surface area (TPSA) is 109 Å². The summed E-state index contributed by atoms with van der Waals surface area (Å²) in [5.41, 5.74) is 2.10. The van der Waals surface area contributed by atoms with Crippen LogP contribution < -0.4 is 5.32 Å². The zero-order valence-corrected chi connectivity index (χ0v) is 18.3. The van der Waals surface area contributed by atoms with Crippen molar-refractivity contribution in [3.8, 4) is 0 Å². The predicted octanol–water partition coefficient (Wildman–Crippen LogP) is 3.17. The summed E-state index contributed by atoms with van der Waals surface area (Å²) < 4.78 is 11.3. The van der Waals surface area contributed by atoms with Gasteiger partial charge in [0.05, 0.1) is 25.7 Å². The number of ether oxygens (including phenoxy) is 2. The van der Waals surface area contributed by atoms with Crippen LogP contribution in [0.2, 0.25) is 10.0 Å². The Labute approximate surface area is 192 Å². The average molecular weight is 476 g/mol. The maximum absolute atomic E-state index is 12.6. The third-order valence-corrected chi connectivity index (χ3v) is 6.06. The van der Waals surface area contributed by atoms with E-state index >= 15 is 0 Å². The summed E-state index contributed by atoms with van der Waals surface area (Å²) in [6.45, 7) is 1.30. The van der Waals surface area contributed by atoms with Crippen LogP contribution in [0, 0.1) is 0 Å². The van der Waals surface area contributed by atoms with Gasteiger partial charge in [0.1, 0.15) is 23.2 Å². The van der Waals surface area contributed by atoms with Crippen LogP contribution in [0.25, 0.3) is 11.0 Å². The Morgan fingerprint density at radius 3 is 2.69 bits per heavy atom. The van der Waals surface area contributed by atoms with Gasteiger partial charge in [0.2, 0.25) is 0 Å². The Morgan fingerprint density at radius 1 is 1.16 bits per heavy atom. The minimum absolute atomic E-state index is 0.0814. The summed E-state index contributed by atoms with van der Waals surface area (Å²) in [6, 6.07) is 10.0. The second kappa shape index (κ2) is 8.23. The smallest absolute Gasteiger partial charge is 0.410 e. The Hall–Kier alpha value is -2.88. The van der Waals surface area contributed by atoms with Gasteiger partial charge in [0.25, 0.3) is 5.91 Å². The van der Waals surface area contributed by atoms with Crippen LogP contribution in [-0.2, 0) is 16.1 Å². The molecule has 11 heteroatoms. The van der Waals surface area contributed by atoms with Gasteiger partial charge in [0.15, 0.2) is 0 Å². The lowest BCUT2D eigenvalue weighted by atomic mass is 9.90. The first-order chi connectivity index (χ1) is 15.4. The fraction of sp³-hybridized carbons (Fsp3) is 0.333. The standard InChI is InChI=1S/C21H19Cl2N5O4/c22-14-3-12(4-15(23)6-14)8-31-20(30)28-10-21(11-28)7-16(9-32-21)24-19(29)13-1-2-17-18(5-13)26-27-25-17/h1-6,16H,7-11H2,(H,24,29)(H,25,26,27)/t16-/m0/s1. The van der Waals surface area contributed by atoms with Gasteiger partial charge < -0.3 is 19.7 Å². The number of aromatic amines is 1. The number of carbonyl (C=O) groups excluding carboxylic acids is 2. The molecule has 3 aromatic rings. The Morgan fingerprint density at radius 2 is 1.91 bits per heavy atom. The van der Waals surface area contributed by atoms with E-state index in [1.54, 1.807) is 41.3 Å². The number of amides is 2. The first-order valence-corrected chi connectivity index (χ1v) is 10.8. The van der Waals surface area contributed by atoms with Crippen molar-refractivity contribution < 1.29 is 19.1 Å². The molecule has 0 bridgehead atoms. The van der Waals surface area contributed by atoms with E-state index in [1.165, 1.54) is 0 Å². The van der Waals surface area contributed by atoms with E-state index < -0.39 is 11.7 Å². The van der Waals surface area contributed by atoms with Gasteiger partial charge in [-0.2, -0.15) is 15.4 Å². The van der Waals surface area contributed by atoms with Crippen LogP contribution in [-0.4, -0.2) is 63.7 Å². The van der Waals surface area contributed by atoms with E-state index in [2.05, 4.69) is 20.7 Å². The van der Waals surface area contributed by atoms with E-state index in [4.69, 9.17) is 32.7 Å². The normalized spacial score (nSPS) is 19.2. The van der Waals surface area contributed by atoms with Crippen molar-refractivity contribution in [2.45, 2.75) is 24.7 Å². The summed E-state index contributed by atoms with van der Waals surface area (Å²) in [5, 5.41) is 14.5. The summed E-state index contributed by atoms with van der Waals surface area (Å²) in [6.07, 6.45) is 0.197. The van der Waals surface area contributed by atoms with E-state index in [-0.39, 0.29) is 18.6 Å². The van der Waals surface area contributed by atoms with Gasteiger partial charge in [-0.05, 0) is 42.0 Å². The number of halogens is 2. The number of nitrogens with zero attached hydrogens (tertiary/aromatic N) is 3. The molecule has 9 nitrogen and oxygen atoms in total. The van der Waals surface area contributed by atoms with E-state index in [9.17, 15) is 9.59 Å². The Balaban J connectivity index is 1.11. The van der Waals surface area contributed by atoms with Gasteiger partial charge in [0, 0.05) is 22.0 Å². The second-order valence-electron chi connectivity index (χ2n) is 8.08. The van der Waals surface area contributed by atoms with E-state index in [0.29, 0.717) is 52.8 Å². The van der Waals surface area contributed by atoms with Crippen molar-refractivity contribution in [1.82, 2.24) is 25.6 Å². The fourth-order valence-corrected chi connectivity index (χ4v) is 4.69. The number of H-pyrrole nitrogens is 1. The molecule has 0 radical (unpaired) electrons. The molecule has 2 saturated heterocycles. The highest BCUT2D eigenvalue weighted by molar-refractivity contribution is 6.34. The highest BCUT2D eigenvalue weighted by Crippen LogP contribution is 2.35. The van der Waals surface area contributed by atoms with E-state index in [0.717, 1.165) is 5.56 Å². The molecular formula is C21H19Cl2N5O4. The molecule has 166 valence electrons. The first kappa shape index (κ1) is 21.0. The molecule has 5 rings (SSSR count). The zero-order chi connectivity index (χ0) is 22.3. The number of nitrogens with one attached hydrogen (secondary N) is 2. The number of hydrogen-bond donors (Lipinski definition) is 2. The highest BCUT2D eigenvalue weighted by atomic mass is 35.5. The summed E-state index contributed by atoms with van der Waals surface area (Å²) in [4.78, 5) is 26.5. The maximum atomic E-state index is 12.6. The molecule has 2 aliphatic heterocycles. The zero-order valence-electron chi connectivity index (χ0n) is 16.8. The molecule has 0 unspecified atom stereocenters. The Bertz CT molecular complexity index is 1170.